The number of hydrogen-bond acceptors (Lipinski definition) is 3. The summed E-state index contributed by atoms with van der Waals surface area (Å²) in [5, 5.41) is 13.7. The van der Waals surface area contributed by atoms with Gasteiger partial charge in [-0.05, 0) is 6.92 Å². The largest absolute Gasteiger partial charge is 0.390 e. The van der Waals surface area contributed by atoms with Gasteiger partial charge in [0.15, 0.2) is 0 Å². The van der Waals surface area contributed by atoms with Crippen LogP contribution in [-0.2, 0) is 0 Å². The molecule has 0 spiro atoms. The first kappa shape index (κ1) is 7.30. The highest BCUT2D eigenvalue weighted by Crippen LogP contribution is 1.58. The Balaban J connectivity index is 2.83. The Labute approximate surface area is 49.4 Å². The minimum Gasteiger partial charge on any atom is -0.390 e. The first-order valence-electron chi connectivity index (χ1n) is 2.64. The van der Waals surface area contributed by atoms with Gasteiger partial charge in [-0.15, -0.1) is 0 Å². The lowest BCUT2D eigenvalue weighted by atomic mass is 10.7. The van der Waals surface area contributed by atoms with Crippen LogP contribution in [0.4, 0.5) is 0 Å². The molecule has 0 aliphatic rings. The van der Waals surface area contributed by atoms with Crippen molar-refractivity contribution in [3.05, 3.63) is 12.4 Å². The molecule has 0 fully saturated rings. The van der Waals surface area contributed by atoms with Gasteiger partial charge in [-0.2, -0.15) is 0 Å². The van der Waals surface area contributed by atoms with Gasteiger partial charge in [-0.1, -0.05) is 0 Å². The Morgan fingerprint density at radius 3 is 2.50 bits per heavy atom. The smallest absolute Gasteiger partial charge is 0.112 e. The summed E-state index contributed by atoms with van der Waals surface area (Å²) in [6.07, 6.45) is 3.40. The lowest BCUT2D eigenvalue weighted by Gasteiger charge is -1.92. The van der Waals surface area contributed by atoms with Crippen molar-refractivity contribution in [1.82, 2.24) is 10.6 Å². The average molecular weight is 116 g/mol. The van der Waals surface area contributed by atoms with E-state index in [1.807, 2.05) is 6.92 Å². The minimum atomic E-state index is -0.0120. The summed E-state index contributed by atoms with van der Waals surface area (Å²) in [7, 11) is 0. The zero-order chi connectivity index (χ0) is 6.24. The highest BCUT2D eigenvalue weighted by atomic mass is 16.3. The van der Waals surface area contributed by atoms with E-state index in [1.165, 1.54) is 0 Å². The van der Waals surface area contributed by atoms with Crippen LogP contribution in [-0.4, -0.2) is 18.4 Å². The van der Waals surface area contributed by atoms with E-state index < -0.39 is 0 Å². The average Bonchev–Trinajstić information content (AvgIpc) is 1.81. The Morgan fingerprint density at radius 2 is 2.00 bits per heavy atom. The Bertz CT molecular complexity index is 55.4. The molecule has 0 radical (unpaired) electrons. The molecular weight excluding hydrogens is 104 g/mol. The van der Waals surface area contributed by atoms with E-state index in [9.17, 15) is 0 Å². The summed E-state index contributed by atoms with van der Waals surface area (Å²) in [4.78, 5) is 0. The lowest BCUT2D eigenvalue weighted by molar-refractivity contribution is 0.279. The molecule has 0 saturated carbocycles. The number of rotatable bonds is 4. The Kier molecular flexibility index (Phi) is 5.75. The molecule has 0 unspecified atom stereocenters. The van der Waals surface area contributed by atoms with E-state index in [0.29, 0.717) is 0 Å². The van der Waals surface area contributed by atoms with Crippen LogP contribution in [0.15, 0.2) is 12.4 Å². The van der Waals surface area contributed by atoms with Gasteiger partial charge in [0.05, 0.1) is 0 Å². The Hall–Kier alpha value is -0.700. The first-order chi connectivity index (χ1) is 3.91. The normalized spacial score (nSPS) is 9.75. The molecule has 0 aromatic rings. The first-order valence-corrected chi connectivity index (χ1v) is 2.64. The number of aliphatic hydroxyl groups is 1. The fraction of sp³-hybridized carbons (Fsp3) is 0.600. The highest BCUT2D eigenvalue weighted by molar-refractivity contribution is 4.74. The SMILES string of the molecule is CCN/C=C/NCO. The van der Waals surface area contributed by atoms with Gasteiger partial charge in [0.1, 0.15) is 6.73 Å². The van der Waals surface area contributed by atoms with Crippen LogP contribution in [0.3, 0.4) is 0 Å². The summed E-state index contributed by atoms with van der Waals surface area (Å²) >= 11 is 0. The third-order valence-electron chi connectivity index (χ3n) is 0.614. The quantitative estimate of drug-likeness (QED) is 0.438. The summed E-state index contributed by atoms with van der Waals surface area (Å²) in [6, 6.07) is 0. The molecule has 3 nitrogen and oxygen atoms in total. The van der Waals surface area contributed by atoms with E-state index in [1.54, 1.807) is 12.4 Å². The molecule has 3 heteroatoms. The van der Waals surface area contributed by atoms with Crippen molar-refractivity contribution in [2.75, 3.05) is 13.3 Å². The van der Waals surface area contributed by atoms with Crippen molar-refractivity contribution < 1.29 is 5.11 Å². The van der Waals surface area contributed by atoms with Crippen LogP contribution >= 0.6 is 0 Å². The van der Waals surface area contributed by atoms with Crippen LogP contribution in [0.1, 0.15) is 6.92 Å². The maximum Gasteiger partial charge on any atom is 0.112 e. The van der Waals surface area contributed by atoms with Crippen molar-refractivity contribution in [3.63, 3.8) is 0 Å². The second kappa shape index (κ2) is 6.30. The third kappa shape index (κ3) is 5.30. The van der Waals surface area contributed by atoms with Crippen LogP contribution < -0.4 is 10.6 Å². The highest BCUT2D eigenvalue weighted by Gasteiger charge is 1.66. The zero-order valence-corrected chi connectivity index (χ0v) is 5.02. The molecule has 0 aliphatic carbocycles. The van der Waals surface area contributed by atoms with Crippen LogP contribution in [0.5, 0.6) is 0 Å². The van der Waals surface area contributed by atoms with Crippen molar-refractivity contribution in [2.45, 2.75) is 6.92 Å². The number of aliphatic hydroxyl groups excluding tert-OH is 1. The van der Waals surface area contributed by atoms with Gasteiger partial charge in [0.25, 0.3) is 0 Å². The van der Waals surface area contributed by atoms with Crippen molar-refractivity contribution in [3.8, 4) is 0 Å². The molecule has 0 aromatic heterocycles. The predicted molar refractivity (Wildman–Crippen MR) is 33.0 cm³/mol. The fourth-order valence-electron chi connectivity index (χ4n) is 0.288. The maximum absolute atomic E-state index is 8.18. The molecular formula is C5H12N2O. The van der Waals surface area contributed by atoms with Crippen molar-refractivity contribution in [2.24, 2.45) is 0 Å². The topological polar surface area (TPSA) is 44.3 Å². The zero-order valence-electron chi connectivity index (χ0n) is 5.02. The third-order valence-corrected chi connectivity index (χ3v) is 0.614. The van der Waals surface area contributed by atoms with Crippen molar-refractivity contribution >= 4 is 0 Å². The standard InChI is InChI=1S/C5H12N2O/c1-2-6-3-4-7-5-8/h3-4,6-8H,2,5H2,1H3/b4-3+. The van der Waals surface area contributed by atoms with Gasteiger partial charge < -0.3 is 15.7 Å². The molecule has 0 rings (SSSR count). The number of nitrogens with one attached hydrogen (secondary N) is 2. The molecule has 0 aliphatic heterocycles. The van der Waals surface area contributed by atoms with E-state index in [-0.39, 0.29) is 6.73 Å². The van der Waals surface area contributed by atoms with E-state index in [4.69, 9.17) is 5.11 Å². The monoisotopic (exact) mass is 116 g/mol. The number of hydrogen-bond donors (Lipinski definition) is 3. The molecule has 0 saturated heterocycles. The minimum absolute atomic E-state index is 0.0120. The predicted octanol–water partition coefficient (Wildman–Crippen LogP) is -0.394. The van der Waals surface area contributed by atoms with Gasteiger partial charge in [0.2, 0.25) is 0 Å². The van der Waals surface area contributed by atoms with E-state index >= 15 is 0 Å². The molecule has 8 heavy (non-hydrogen) atoms. The van der Waals surface area contributed by atoms with Crippen LogP contribution in [0.25, 0.3) is 0 Å². The molecule has 0 heterocycles. The molecule has 0 amide bonds. The van der Waals surface area contributed by atoms with Crippen LogP contribution in [0.2, 0.25) is 0 Å². The second-order valence-corrected chi connectivity index (χ2v) is 1.25. The van der Waals surface area contributed by atoms with Gasteiger partial charge in [-0.3, -0.25) is 0 Å². The van der Waals surface area contributed by atoms with E-state index in [2.05, 4.69) is 10.6 Å². The van der Waals surface area contributed by atoms with Gasteiger partial charge in [-0.25, -0.2) is 0 Å². The summed E-state index contributed by atoms with van der Waals surface area (Å²) < 4.78 is 0. The lowest BCUT2D eigenvalue weighted by Crippen LogP contribution is -2.09. The Morgan fingerprint density at radius 1 is 1.38 bits per heavy atom. The van der Waals surface area contributed by atoms with Gasteiger partial charge >= 0.3 is 0 Å². The fourth-order valence-corrected chi connectivity index (χ4v) is 0.288. The molecule has 48 valence electrons. The summed E-state index contributed by atoms with van der Waals surface area (Å²) in [5.41, 5.74) is 0. The van der Waals surface area contributed by atoms with Crippen molar-refractivity contribution in [1.29, 1.82) is 0 Å². The second-order valence-electron chi connectivity index (χ2n) is 1.25. The molecule has 0 atom stereocenters. The van der Waals surface area contributed by atoms with Gasteiger partial charge in [0, 0.05) is 18.9 Å². The van der Waals surface area contributed by atoms with E-state index in [0.717, 1.165) is 6.54 Å². The molecule has 0 bridgehead atoms. The molecule has 3 N–H and O–H groups in total. The summed E-state index contributed by atoms with van der Waals surface area (Å²) in [6.45, 7) is 2.90. The maximum atomic E-state index is 8.18. The molecule has 0 aromatic carbocycles. The summed E-state index contributed by atoms with van der Waals surface area (Å²) in [5.74, 6) is 0. The van der Waals surface area contributed by atoms with Crippen LogP contribution in [0, 0.1) is 0 Å².